The molecule has 120 valence electrons. The van der Waals surface area contributed by atoms with Crippen LogP contribution in [0.15, 0.2) is 0 Å². The van der Waals surface area contributed by atoms with Crippen molar-refractivity contribution in [2.24, 2.45) is 5.92 Å². The third-order valence-electron chi connectivity index (χ3n) is 3.99. The maximum atomic E-state index is 5.36. The molecule has 2 heterocycles. The smallest absolute Gasteiger partial charge is 0.230 e. The van der Waals surface area contributed by atoms with Crippen molar-refractivity contribution in [2.75, 3.05) is 52.3 Å². The first kappa shape index (κ1) is 16.5. The molecule has 1 aromatic heterocycles. The summed E-state index contributed by atoms with van der Waals surface area (Å²) in [5, 5.41) is 4.51. The second-order valence-electron chi connectivity index (χ2n) is 6.02. The summed E-state index contributed by atoms with van der Waals surface area (Å²) in [6, 6.07) is 0. The molecule has 0 aromatic carbocycles. The number of hydrogen-bond acceptors (Lipinski definition) is 6. The predicted octanol–water partition coefficient (Wildman–Crippen LogP) is 2.04. The lowest BCUT2D eigenvalue weighted by molar-refractivity contribution is 0.193. The topological polar surface area (TPSA) is 40.6 Å². The van der Waals surface area contributed by atoms with Gasteiger partial charge in [-0.1, -0.05) is 18.3 Å². The first-order valence-electron chi connectivity index (χ1n) is 7.74. The molecule has 6 heteroatoms. The molecular weight excluding hydrogens is 284 g/mol. The van der Waals surface area contributed by atoms with Crippen molar-refractivity contribution in [1.29, 1.82) is 0 Å². The molecule has 21 heavy (non-hydrogen) atoms. The van der Waals surface area contributed by atoms with E-state index in [2.05, 4.69) is 22.1 Å². The molecule has 1 aromatic rings. The molecule has 1 aliphatic heterocycles. The molecule has 1 N–H and O–H groups in total. The van der Waals surface area contributed by atoms with Crippen LogP contribution in [0.3, 0.4) is 0 Å². The van der Waals surface area contributed by atoms with Crippen LogP contribution in [-0.2, 0) is 6.54 Å². The summed E-state index contributed by atoms with van der Waals surface area (Å²) in [5.41, 5.74) is 0. The van der Waals surface area contributed by atoms with Gasteiger partial charge in [0.15, 0.2) is 5.13 Å². The Bertz CT molecular complexity index is 427. The minimum absolute atomic E-state index is 0.753. The van der Waals surface area contributed by atoms with Gasteiger partial charge >= 0.3 is 0 Å². The van der Waals surface area contributed by atoms with Crippen molar-refractivity contribution < 1.29 is 4.74 Å². The minimum atomic E-state index is 0.753. The second-order valence-corrected chi connectivity index (χ2v) is 7.09. The van der Waals surface area contributed by atoms with Crippen LogP contribution in [0.4, 0.5) is 5.13 Å². The van der Waals surface area contributed by atoms with Gasteiger partial charge in [0.1, 0.15) is 0 Å². The molecule has 0 saturated carbocycles. The molecule has 0 spiro atoms. The van der Waals surface area contributed by atoms with E-state index in [4.69, 9.17) is 4.74 Å². The number of piperidine rings is 1. The largest absolute Gasteiger partial charge is 0.480 e. The molecule has 0 bridgehead atoms. The predicted molar refractivity (Wildman–Crippen MR) is 89.5 cm³/mol. The van der Waals surface area contributed by atoms with Crippen LogP contribution in [0.2, 0.25) is 0 Å². The fraction of sp³-hybridized carbons (Fsp3) is 0.800. The van der Waals surface area contributed by atoms with Gasteiger partial charge in [-0.2, -0.15) is 4.98 Å². The Morgan fingerprint density at radius 2 is 2.10 bits per heavy atom. The standard InChI is InChI=1S/C15H28N4OS/c1-12-5-8-19(9-6-12)10-7-16-11-13-14(20-4)17-15(21-13)18(2)3/h12,16H,5-11H2,1-4H3. The summed E-state index contributed by atoms with van der Waals surface area (Å²) < 4.78 is 5.36. The number of anilines is 1. The number of nitrogens with one attached hydrogen (secondary N) is 1. The van der Waals surface area contributed by atoms with Gasteiger partial charge in [-0.05, 0) is 31.8 Å². The van der Waals surface area contributed by atoms with Crippen molar-refractivity contribution in [2.45, 2.75) is 26.3 Å². The van der Waals surface area contributed by atoms with Crippen molar-refractivity contribution in [3.63, 3.8) is 0 Å². The molecule has 1 aliphatic rings. The number of rotatable bonds is 7. The van der Waals surface area contributed by atoms with E-state index >= 15 is 0 Å². The molecule has 0 unspecified atom stereocenters. The number of aromatic nitrogens is 1. The van der Waals surface area contributed by atoms with Crippen molar-refractivity contribution in [1.82, 2.24) is 15.2 Å². The highest BCUT2D eigenvalue weighted by molar-refractivity contribution is 7.15. The van der Waals surface area contributed by atoms with Gasteiger partial charge in [-0.15, -0.1) is 0 Å². The van der Waals surface area contributed by atoms with Gasteiger partial charge < -0.3 is 19.9 Å². The SMILES string of the molecule is COc1nc(N(C)C)sc1CNCCN1CCC(C)CC1. The van der Waals surface area contributed by atoms with E-state index in [1.165, 1.54) is 30.8 Å². The molecule has 0 amide bonds. The number of ether oxygens (including phenoxy) is 1. The summed E-state index contributed by atoms with van der Waals surface area (Å²) in [7, 11) is 5.70. The third kappa shape index (κ3) is 4.83. The van der Waals surface area contributed by atoms with E-state index in [9.17, 15) is 0 Å². The summed E-state index contributed by atoms with van der Waals surface area (Å²) in [6.45, 7) is 7.84. The highest BCUT2D eigenvalue weighted by Gasteiger charge is 2.15. The molecule has 2 rings (SSSR count). The number of methoxy groups -OCH3 is 1. The van der Waals surface area contributed by atoms with E-state index in [0.29, 0.717) is 0 Å². The summed E-state index contributed by atoms with van der Waals surface area (Å²) in [5.74, 6) is 1.66. The lowest BCUT2D eigenvalue weighted by atomic mass is 9.99. The number of thiazole rings is 1. The Kier molecular flexibility index (Phi) is 6.26. The molecule has 5 nitrogen and oxygen atoms in total. The van der Waals surface area contributed by atoms with Gasteiger partial charge in [-0.3, -0.25) is 0 Å². The monoisotopic (exact) mass is 312 g/mol. The summed E-state index contributed by atoms with van der Waals surface area (Å²) in [6.07, 6.45) is 2.68. The lowest BCUT2D eigenvalue weighted by Crippen LogP contribution is -2.37. The molecule has 1 saturated heterocycles. The van der Waals surface area contributed by atoms with Crippen molar-refractivity contribution in [3.8, 4) is 5.88 Å². The third-order valence-corrected chi connectivity index (χ3v) is 5.20. The van der Waals surface area contributed by atoms with E-state index < -0.39 is 0 Å². The molecular formula is C15H28N4OS. The zero-order valence-electron chi connectivity index (χ0n) is 13.7. The van der Waals surface area contributed by atoms with Crippen molar-refractivity contribution >= 4 is 16.5 Å². The molecule has 1 fully saturated rings. The van der Waals surface area contributed by atoms with Crippen LogP contribution < -0.4 is 15.0 Å². The minimum Gasteiger partial charge on any atom is -0.480 e. The van der Waals surface area contributed by atoms with Gasteiger partial charge in [0, 0.05) is 33.7 Å². The summed E-state index contributed by atoms with van der Waals surface area (Å²) >= 11 is 1.69. The van der Waals surface area contributed by atoms with Gasteiger partial charge in [-0.25, -0.2) is 0 Å². The molecule has 0 radical (unpaired) electrons. The first-order chi connectivity index (χ1) is 10.1. The van der Waals surface area contributed by atoms with E-state index in [1.807, 2.05) is 19.0 Å². The maximum Gasteiger partial charge on any atom is 0.230 e. The van der Waals surface area contributed by atoms with Crippen LogP contribution in [-0.4, -0.2) is 57.3 Å². The Morgan fingerprint density at radius 1 is 1.38 bits per heavy atom. The van der Waals surface area contributed by atoms with E-state index in [-0.39, 0.29) is 0 Å². The maximum absolute atomic E-state index is 5.36. The average Bonchev–Trinajstić information content (AvgIpc) is 2.89. The Labute approximate surface area is 132 Å². The zero-order valence-corrected chi connectivity index (χ0v) is 14.5. The number of nitrogens with zero attached hydrogens (tertiary/aromatic N) is 3. The fourth-order valence-corrected chi connectivity index (χ4v) is 3.44. The van der Waals surface area contributed by atoms with E-state index in [1.54, 1.807) is 18.4 Å². The fourth-order valence-electron chi connectivity index (χ4n) is 2.51. The quantitative estimate of drug-likeness (QED) is 0.780. The summed E-state index contributed by atoms with van der Waals surface area (Å²) in [4.78, 5) is 10.2. The van der Waals surface area contributed by atoms with Crippen LogP contribution >= 0.6 is 11.3 Å². The highest BCUT2D eigenvalue weighted by Crippen LogP contribution is 2.30. The van der Waals surface area contributed by atoms with Gasteiger partial charge in [0.05, 0.1) is 12.0 Å². The first-order valence-corrected chi connectivity index (χ1v) is 8.56. The number of hydrogen-bond donors (Lipinski definition) is 1. The zero-order chi connectivity index (χ0) is 15.2. The Balaban J connectivity index is 1.73. The lowest BCUT2D eigenvalue weighted by Gasteiger charge is -2.30. The van der Waals surface area contributed by atoms with Gasteiger partial charge in [0.25, 0.3) is 0 Å². The highest BCUT2D eigenvalue weighted by atomic mass is 32.1. The Morgan fingerprint density at radius 3 is 2.71 bits per heavy atom. The van der Waals surface area contributed by atoms with Crippen LogP contribution in [0.5, 0.6) is 5.88 Å². The van der Waals surface area contributed by atoms with Crippen LogP contribution in [0.1, 0.15) is 24.6 Å². The van der Waals surface area contributed by atoms with Crippen LogP contribution in [0, 0.1) is 5.92 Å². The Hall–Kier alpha value is -0.850. The second kappa shape index (κ2) is 7.96. The normalized spacial score (nSPS) is 17.1. The molecule has 0 atom stereocenters. The van der Waals surface area contributed by atoms with Crippen molar-refractivity contribution in [3.05, 3.63) is 4.88 Å². The molecule has 0 aliphatic carbocycles. The van der Waals surface area contributed by atoms with Crippen LogP contribution in [0.25, 0.3) is 0 Å². The number of likely N-dealkylation sites (tertiary alicyclic amines) is 1. The van der Waals surface area contributed by atoms with E-state index in [0.717, 1.165) is 36.6 Å². The van der Waals surface area contributed by atoms with Gasteiger partial charge in [0.2, 0.25) is 5.88 Å². The average molecular weight is 312 g/mol.